The van der Waals surface area contributed by atoms with Crippen LogP contribution in [0.3, 0.4) is 0 Å². The van der Waals surface area contributed by atoms with Gasteiger partial charge in [-0.15, -0.1) is 0 Å². The van der Waals surface area contributed by atoms with Crippen molar-refractivity contribution in [1.29, 1.82) is 5.26 Å². The van der Waals surface area contributed by atoms with Gasteiger partial charge >= 0.3 is 0 Å². The molecule has 0 aromatic carbocycles. The largest absolute Gasteiger partial charge is 0.375 e. The highest BCUT2D eigenvalue weighted by Gasteiger charge is 1.94. The van der Waals surface area contributed by atoms with Crippen LogP contribution < -0.4 is 0 Å². The van der Waals surface area contributed by atoms with E-state index in [9.17, 15) is 4.39 Å². The zero-order valence-corrected chi connectivity index (χ0v) is 3.06. The topological polar surface area (TPSA) is 44.0 Å². The fraction of sp³-hybridized carbons (Fsp3) is 0.667. The molecule has 2 nitrogen and oxygen atoms in total. The van der Waals surface area contributed by atoms with Gasteiger partial charge in [0.15, 0.2) is 6.10 Å². The lowest BCUT2D eigenvalue weighted by molar-refractivity contribution is 0.190. The summed E-state index contributed by atoms with van der Waals surface area (Å²) in [5, 5.41) is 15.5. The zero-order valence-electron chi connectivity index (χ0n) is 3.06. The lowest BCUT2D eigenvalue weighted by atomic mass is 10.5. The molecule has 0 saturated heterocycles. The molecule has 6 heavy (non-hydrogen) atoms. The summed E-state index contributed by atoms with van der Waals surface area (Å²) >= 11 is 0. The Bertz CT molecular complexity index is 67.7. The van der Waals surface area contributed by atoms with Crippen molar-refractivity contribution in [2.24, 2.45) is 0 Å². The van der Waals surface area contributed by atoms with Crippen molar-refractivity contribution < 1.29 is 9.50 Å². The van der Waals surface area contributed by atoms with Crippen LogP contribution >= 0.6 is 0 Å². The molecular formula is C3H4FNO. The van der Waals surface area contributed by atoms with Gasteiger partial charge in [-0.2, -0.15) is 5.26 Å². The molecule has 0 bridgehead atoms. The van der Waals surface area contributed by atoms with Gasteiger partial charge in [0.25, 0.3) is 0 Å². The van der Waals surface area contributed by atoms with Crippen LogP contribution in [0.1, 0.15) is 0 Å². The fourth-order valence-electron chi connectivity index (χ4n) is 0.0345. The summed E-state index contributed by atoms with van der Waals surface area (Å²) in [5.41, 5.74) is 0. The van der Waals surface area contributed by atoms with Gasteiger partial charge in [-0.05, 0) is 0 Å². The number of nitrogens with zero attached hydrogens (tertiary/aromatic N) is 1. The van der Waals surface area contributed by atoms with Gasteiger partial charge in [0.2, 0.25) is 0 Å². The van der Waals surface area contributed by atoms with Crippen LogP contribution in [-0.4, -0.2) is 17.9 Å². The molecule has 0 amide bonds. The van der Waals surface area contributed by atoms with Crippen molar-refractivity contribution in [3.05, 3.63) is 0 Å². The van der Waals surface area contributed by atoms with E-state index in [4.69, 9.17) is 10.4 Å². The van der Waals surface area contributed by atoms with Crippen LogP contribution in [-0.2, 0) is 0 Å². The maximum absolute atomic E-state index is 10.9. The van der Waals surface area contributed by atoms with Gasteiger partial charge in [-0.1, -0.05) is 0 Å². The van der Waals surface area contributed by atoms with Gasteiger partial charge in [0, 0.05) is 0 Å². The van der Waals surface area contributed by atoms with Crippen molar-refractivity contribution in [2.45, 2.75) is 6.10 Å². The Hall–Kier alpha value is -0.620. The van der Waals surface area contributed by atoms with Crippen molar-refractivity contribution in [1.82, 2.24) is 0 Å². The van der Waals surface area contributed by atoms with Crippen LogP contribution in [0.25, 0.3) is 0 Å². The fourth-order valence-corrected chi connectivity index (χ4v) is 0.0345. The molecule has 0 aromatic heterocycles. The Morgan fingerprint density at radius 1 is 2.00 bits per heavy atom. The van der Waals surface area contributed by atoms with Crippen LogP contribution in [0.5, 0.6) is 0 Å². The van der Waals surface area contributed by atoms with E-state index in [2.05, 4.69) is 0 Å². The SMILES string of the molecule is N#CC(O)CF. The first kappa shape index (κ1) is 5.38. The van der Waals surface area contributed by atoms with Gasteiger partial charge in [0.05, 0.1) is 6.07 Å². The smallest absolute Gasteiger partial charge is 0.168 e. The summed E-state index contributed by atoms with van der Waals surface area (Å²) in [7, 11) is 0. The van der Waals surface area contributed by atoms with Crippen LogP contribution in [0, 0.1) is 11.3 Å². The number of nitriles is 1. The molecule has 0 fully saturated rings. The first-order valence-corrected chi connectivity index (χ1v) is 1.45. The highest BCUT2D eigenvalue weighted by atomic mass is 19.1. The molecule has 0 radical (unpaired) electrons. The summed E-state index contributed by atoms with van der Waals surface area (Å²) in [4.78, 5) is 0. The summed E-state index contributed by atoms with van der Waals surface area (Å²) in [6, 6.07) is 1.30. The molecular weight excluding hydrogens is 85.0 g/mol. The average Bonchev–Trinajstić information content (AvgIpc) is 1.65. The quantitative estimate of drug-likeness (QED) is 0.453. The number of alkyl halides is 1. The molecule has 1 N–H and O–H groups in total. The number of aliphatic hydroxyl groups is 1. The van der Waals surface area contributed by atoms with Crippen molar-refractivity contribution >= 4 is 0 Å². The predicted molar refractivity (Wildman–Crippen MR) is 17.6 cm³/mol. The Balaban J connectivity index is 3.04. The standard InChI is InChI=1S/C3H4FNO/c4-1-3(6)2-5/h3,6H,1H2. The molecule has 34 valence electrons. The molecule has 0 aliphatic heterocycles. The molecule has 0 aliphatic rings. The van der Waals surface area contributed by atoms with E-state index in [1.54, 1.807) is 0 Å². The third-order valence-electron chi connectivity index (χ3n) is 0.295. The van der Waals surface area contributed by atoms with E-state index in [0.717, 1.165) is 0 Å². The van der Waals surface area contributed by atoms with E-state index in [0.29, 0.717) is 0 Å². The lowest BCUT2D eigenvalue weighted by Crippen LogP contribution is -2.02. The second kappa shape index (κ2) is 2.61. The molecule has 1 unspecified atom stereocenters. The Morgan fingerprint density at radius 2 is 2.50 bits per heavy atom. The van der Waals surface area contributed by atoms with Crippen LogP contribution in [0.2, 0.25) is 0 Å². The zero-order chi connectivity index (χ0) is 4.99. The monoisotopic (exact) mass is 89.0 g/mol. The maximum atomic E-state index is 10.9. The maximum Gasteiger partial charge on any atom is 0.168 e. The van der Waals surface area contributed by atoms with Gasteiger partial charge in [-0.3, -0.25) is 0 Å². The van der Waals surface area contributed by atoms with Gasteiger partial charge in [0.1, 0.15) is 6.67 Å². The Kier molecular flexibility index (Phi) is 2.34. The summed E-state index contributed by atoms with van der Waals surface area (Å²) in [6.45, 7) is -0.976. The summed E-state index contributed by atoms with van der Waals surface area (Å²) in [5.74, 6) is 0. The summed E-state index contributed by atoms with van der Waals surface area (Å²) in [6.07, 6.45) is -1.43. The highest BCUT2D eigenvalue weighted by molar-refractivity contribution is 4.80. The number of halogens is 1. The minimum absolute atomic E-state index is 0.976. The average molecular weight is 89.1 g/mol. The van der Waals surface area contributed by atoms with E-state index < -0.39 is 12.8 Å². The third-order valence-corrected chi connectivity index (χ3v) is 0.295. The van der Waals surface area contributed by atoms with Gasteiger partial charge in [-0.25, -0.2) is 4.39 Å². The second-order valence-corrected chi connectivity index (χ2v) is 0.799. The molecule has 0 aromatic rings. The van der Waals surface area contributed by atoms with E-state index >= 15 is 0 Å². The number of hydrogen-bond donors (Lipinski definition) is 1. The number of rotatable bonds is 1. The predicted octanol–water partition coefficient (Wildman–Crippen LogP) is -0.160. The second-order valence-electron chi connectivity index (χ2n) is 0.799. The van der Waals surface area contributed by atoms with Crippen molar-refractivity contribution in [2.75, 3.05) is 6.67 Å². The molecule has 0 aliphatic carbocycles. The minimum Gasteiger partial charge on any atom is -0.375 e. The van der Waals surface area contributed by atoms with Crippen molar-refractivity contribution in [3.8, 4) is 6.07 Å². The van der Waals surface area contributed by atoms with E-state index in [1.165, 1.54) is 6.07 Å². The molecule has 0 spiro atoms. The minimum atomic E-state index is -1.43. The number of aliphatic hydroxyl groups excluding tert-OH is 1. The Labute approximate surface area is 34.8 Å². The van der Waals surface area contributed by atoms with Crippen molar-refractivity contribution in [3.63, 3.8) is 0 Å². The van der Waals surface area contributed by atoms with Crippen LogP contribution in [0.4, 0.5) is 4.39 Å². The van der Waals surface area contributed by atoms with E-state index in [-0.39, 0.29) is 0 Å². The van der Waals surface area contributed by atoms with Gasteiger partial charge < -0.3 is 5.11 Å². The molecule has 3 heteroatoms. The normalized spacial score (nSPS) is 12.8. The van der Waals surface area contributed by atoms with Crippen LogP contribution in [0.15, 0.2) is 0 Å². The summed E-state index contributed by atoms with van der Waals surface area (Å²) < 4.78 is 10.9. The molecule has 0 heterocycles. The van der Waals surface area contributed by atoms with E-state index in [1.807, 2.05) is 0 Å². The Morgan fingerprint density at radius 3 is 2.50 bits per heavy atom. The lowest BCUT2D eigenvalue weighted by Gasteiger charge is -1.84. The third kappa shape index (κ3) is 1.68. The first-order valence-electron chi connectivity index (χ1n) is 1.45. The molecule has 0 saturated carbocycles. The number of hydrogen-bond acceptors (Lipinski definition) is 2. The molecule has 1 atom stereocenters. The highest BCUT2D eigenvalue weighted by Crippen LogP contribution is 1.76. The molecule has 0 rings (SSSR count). The first-order chi connectivity index (χ1) is 2.81.